The number of rotatable bonds is 7. The van der Waals surface area contributed by atoms with Crippen LogP contribution in [0.5, 0.6) is 11.5 Å². The summed E-state index contributed by atoms with van der Waals surface area (Å²) in [6.45, 7) is 5.70. The number of benzene rings is 1. The minimum absolute atomic E-state index is 0.562. The lowest BCUT2D eigenvalue weighted by Gasteiger charge is -2.14. The summed E-state index contributed by atoms with van der Waals surface area (Å²) >= 11 is 5.33. The van der Waals surface area contributed by atoms with E-state index in [2.05, 4.69) is 28.7 Å². The fourth-order valence-electron chi connectivity index (χ4n) is 2.40. The lowest BCUT2D eigenvalue weighted by molar-refractivity contribution is 0.395. The van der Waals surface area contributed by atoms with Gasteiger partial charge in [-0.15, -0.1) is 0 Å². The largest absolute Gasteiger partial charge is 0.497 e. The van der Waals surface area contributed by atoms with Gasteiger partial charge in [0.2, 0.25) is 0 Å². The molecule has 0 aliphatic carbocycles. The van der Waals surface area contributed by atoms with Crippen LogP contribution in [0.3, 0.4) is 0 Å². The third-order valence-corrected chi connectivity index (χ3v) is 3.84. The zero-order valence-corrected chi connectivity index (χ0v) is 15.4. The van der Waals surface area contributed by atoms with Crippen LogP contribution in [0, 0.1) is 13.8 Å². The standard InChI is InChI=1S/C17H24N4O2S/c1-12-10-13(2)21(20-12)9-5-8-18-17(24)19-15-7-6-14(22-3)11-16(15)23-4/h6-7,10-11H,5,8-9H2,1-4H3,(H2,18,19,24). The highest BCUT2D eigenvalue weighted by Crippen LogP contribution is 2.28. The Hall–Kier alpha value is -2.28. The van der Waals surface area contributed by atoms with E-state index in [-0.39, 0.29) is 0 Å². The number of aryl methyl sites for hydroxylation is 3. The number of nitrogens with one attached hydrogen (secondary N) is 2. The summed E-state index contributed by atoms with van der Waals surface area (Å²) in [5.74, 6) is 1.42. The molecule has 1 aromatic carbocycles. The van der Waals surface area contributed by atoms with E-state index < -0.39 is 0 Å². The van der Waals surface area contributed by atoms with Gasteiger partial charge in [0.25, 0.3) is 0 Å². The van der Waals surface area contributed by atoms with E-state index in [9.17, 15) is 0 Å². The van der Waals surface area contributed by atoms with Crippen LogP contribution in [-0.4, -0.2) is 35.7 Å². The Morgan fingerprint density at radius 1 is 1.21 bits per heavy atom. The molecule has 0 bridgehead atoms. The number of hydrogen-bond acceptors (Lipinski definition) is 4. The van der Waals surface area contributed by atoms with E-state index >= 15 is 0 Å². The molecule has 0 saturated heterocycles. The van der Waals surface area contributed by atoms with Crippen LogP contribution < -0.4 is 20.1 Å². The summed E-state index contributed by atoms with van der Waals surface area (Å²) in [4.78, 5) is 0. The van der Waals surface area contributed by atoms with Crippen LogP contribution in [0.4, 0.5) is 5.69 Å². The Balaban J connectivity index is 1.80. The van der Waals surface area contributed by atoms with Crippen LogP contribution >= 0.6 is 12.2 Å². The SMILES string of the molecule is COc1ccc(NC(=S)NCCCn2nc(C)cc2C)c(OC)c1. The first kappa shape index (κ1) is 18.1. The van der Waals surface area contributed by atoms with Gasteiger partial charge in [0.1, 0.15) is 11.5 Å². The maximum absolute atomic E-state index is 5.35. The van der Waals surface area contributed by atoms with Crippen molar-refractivity contribution < 1.29 is 9.47 Å². The predicted molar refractivity (Wildman–Crippen MR) is 100 cm³/mol. The zero-order valence-electron chi connectivity index (χ0n) is 14.5. The molecule has 2 rings (SSSR count). The highest BCUT2D eigenvalue weighted by atomic mass is 32.1. The van der Waals surface area contributed by atoms with E-state index in [0.717, 1.165) is 36.6 Å². The Labute approximate surface area is 148 Å². The average molecular weight is 348 g/mol. The predicted octanol–water partition coefficient (Wildman–Crippen LogP) is 2.89. The van der Waals surface area contributed by atoms with Crippen LogP contribution in [0.1, 0.15) is 17.8 Å². The molecule has 0 atom stereocenters. The monoisotopic (exact) mass is 348 g/mol. The molecule has 24 heavy (non-hydrogen) atoms. The molecule has 0 amide bonds. The van der Waals surface area contributed by atoms with E-state index in [1.54, 1.807) is 14.2 Å². The van der Waals surface area contributed by atoms with Crippen molar-refractivity contribution in [2.45, 2.75) is 26.8 Å². The smallest absolute Gasteiger partial charge is 0.170 e. The quantitative estimate of drug-likeness (QED) is 0.593. The molecular formula is C17H24N4O2S. The summed E-state index contributed by atoms with van der Waals surface area (Å²) in [6, 6.07) is 7.63. The summed E-state index contributed by atoms with van der Waals surface area (Å²) in [5.41, 5.74) is 3.02. The maximum Gasteiger partial charge on any atom is 0.170 e. The van der Waals surface area contributed by atoms with E-state index in [1.165, 1.54) is 5.69 Å². The van der Waals surface area contributed by atoms with Crippen molar-refractivity contribution >= 4 is 23.0 Å². The number of anilines is 1. The maximum atomic E-state index is 5.35. The van der Waals surface area contributed by atoms with E-state index in [4.69, 9.17) is 21.7 Å². The molecule has 2 N–H and O–H groups in total. The first-order valence-corrected chi connectivity index (χ1v) is 8.22. The molecule has 2 aromatic rings. The number of thiocarbonyl (C=S) groups is 1. The van der Waals surface area contributed by atoms with Crippen molar-refractivity contribution in [1.82, 2.24) is 15.1 Å². The first-order valence-electron chi connectivity index (χ1n) is 7.81. The summed E-state index contributed by atoms with van der Waals surface area (Å²) in [5, 5.41) is 11.4. The number of methoxy groups -OCH3 is 2. The molecule has 0 aliphatic rings. The Kier molecular flexibility index (Phi) is 6.43. The highest BCUT2D eigenvalue weighted by molar-refractivity contribution is 7.80. The van der Waals surface area contributed by atoms with Gasteiger partial charge in [0.05, 0.1) is 25.6 Å². The van der Waals surface area contributed by atoms with Crippen LogP contribution in [0.25, 0.3) is 0 Å². The normalized spacial score (nSPS) is 10.3. The van der Waals surface area contributed by atoms with Crippen LogP contribution in [0.15, 0.2) is 24.3 Å². The minimum atomic E-state index is 0.562. The van der Waals surface area contributed by atoms with Gasteiger partial charge in [-0.3, -0.25) is 4.68 Å². The van der Waals surface area contributed by atoms with Gasteiger partial charge in [-0.25, -0.2) is 0 Å². The second kappa shape index (κ2) is 8.54. The molecule has 0 spiro atoms. The molecule has 0 unspecified atom stereocenters. The lowest BCUT2D eigenvalue weighted by Crippen LogP contribution is -2.30. The third kappa shape index (κ3) is 4.86. The van der Waals surface area contributed by atoms with Crippen LogP contribution in [-0.2, 0) is 6.54 Å². The van der Waals surface area contributed by atoms with Gasteiger partial charge in [0.15, 0.2) is 5.11 Å². The molecular weight excluding hydrogens is 324 g/mol. The summed E-state index contributed by atoms with van der Waals surface area (Å²) in [7, 11) is 3.24. The van der Waals surface area contributed by atoms with Crippen molar-refractivity contribution in [3.8, 4) is 11.5 Å². The third-order valence-electron chi connectivity index (χ3n) is 3.59. The van der Waals surface area contributed by atoms with Gasteiger partial charge >= 0.3 is 0 Å². The zero-order chi connectivity index (χ0) is 17.5. The highest BCUT2D eigenvalue weighted by Gasteiger charge is 2.07. The van der Waals surface area contributed by atoms with Crippen molar-refractivity contribution in [3.05, 3.63) is 35.7 Å². The molecule has 1 aromatic heterocycles. The Bertz CT molecular complexity index is 700. The van der Waals surface area contributed by atoms with Crippen molar-refractivity contribution in [2.24, 2.45) is 0 Å². The molecule has 0 aliphatic heterocycles. The molecule has 0 radical (unpaired) electrons. The minimum Gasteiger partial charge on any atom is -0.497 e. The second-order valence-electron chi connectivity index (χ2n) is 5.45. The molecule has 130 valence electrons. The van der Waals surface area contributed by atoms with E-state index in [0.29, 0.717) is 10.9 Å². The number of nitrogens with zero attached hydrogens (tertiary/aromatic N) is 2. The molecule has 0 saturated carbocycles. The average Bonchev–Trinajstić information content (AvgIpc) is 2.89. The molecule has 6 nitrogen and oxygen atoms in total. The van der Waals surface area contributed by atoms with Gasteiger partial charge in [-0.05, 0) is 50.7 Å². The van der Waals surface area contributed by atoms with Gasteiger partial charge in [-0.2, -0.15) is 5.10 Å². The number of aromatic nitrogens is 2. The van der Waals surface area contributed by atoms with Gasteiger partial charge < -0.3 is 20.1 Å². The molecule has 0 fully saturated rings. The van der Waals surface area contributed by atoms with Crippen molar-refractivity contribution in [3.63, 3.8) is 0 Å². The Morgan fingerprint density at radius 2 is 2.00 bits per heavy atom. The van der Waals surface area contributed by atoms with Gasteiger partial charge in [-0.1, -0.05) is 0 Å². The number of ether oxygens (including phenoxy) is 2. The second-order valence-corrected chi connectivity index (χ2v) is 5.86. The molecule has 7 heteroatoms. The first-order chi connectivity index (χ1) is 11.5. The Morgan fingerprint density at radius 3 is 2.62 bits per heavy atom. The number of hydrogen-bond donors (Lipinski definition) is 2. The van der Waals surface area contributed by atoms with Crippen molar-refractivity contribution in [1.29, 1.82) is 0 Å². The fourth-order valence-corrected chi connectivity index (χ4v) is 2.61. The lowest BCUT2D eigenvalue weighted by atomic mass is 10.2. The summed E-state index contributed by atoms with van der Waals surface area (Å²) in [6.07, 6.45) is 0.934. The van der Waals surface area contributed by atoms with E-state index in [1.807, 2.05) is 29.8 Å². The van der Waals surface area contributed by atoms with Crippen LogP contribution in [0.2, 0.25) is 0 Å². The topological polar surface area (TPSA) is 60.3 Å². The van der Waals surface area contributed by atoms with Gasteiger partial charge in [0, 0.05) is 24.8 Å². The fraction of sp³-hybridized carbons (Fsp3) is 0.412. The van der Waals surface area contributed by atoms with Crippen molar-refractivity contribution in [2.75, 3.05) is 26.1 Å². The summed E-state index contributed by atoms with van der Waals surface area (Å²) < 4.78 is 12.5. The molecule has 1 heterocycles.